The Morgan fingerprint density at radius 3 is 3.06 bits per heavy atom. The van der Waals surface area contributed by atoms with E-state index in [1.807, 2.05) is 0 Å². The molecule has 0 aromatic carbocycles. The molecule has 5 nitrogen and oxygen atoms in total. The van der Waals surface area contributed by atoms with E-state index in [1.54, 1.807) is 18.3 Å². The van der Waals surface area contributed by atoms with E-state index < -0.39 is 5.91 Å². The largest absolute Gasteiger partial charge is 0.391 e. The molecule has 1 aliphatic carbocycles. The lowest BCUT2D eigenvalue weighted by Crippen LogP contribution is -2.23. The number of primary amides is 1. The van der Waals surface area contributed by atoms with Gasteiger partial charge in [0.15, 0.2) is 0 Å². The first-order valence-corrected chi connectivity index (χ1v) is 5.35. The van der Waals surface area contributed by atoms with Crippen LogP contribution in [0.25, 0.3) is 0 Å². The molecule has 86 valence electrons. The van der Waals surface area contributed by atoms with Gasteiger partial charge in [0.1, 0.15) is 5.82 Å². The first-order chi connectivity index (χ1) is 7.68. The molecule has 1 saturated carbocycles. The highest BCUT2D eigenvalue weighted by Gasteiger charge is 2.29. The summed E-state index contributed by atoms with van der Waals surface area (Å²) >= 11 is 0. The Bertz CT molecular complexity index is 391. The Balaban J connectivity index is 1.99. The number of nitrogens with two attached hydrogens (primary N) is 1. The number of pyridine rings is 1. The zero-order valence-electron chi connectivity index (χ0n) is 8.89. The van der Waals surface area contributed by atoms with Crippen LogP contribution in [0.4, 0.5) is 5.82 Å². The number of nitrogens with one attached hydrogen (secondary N) is 1. The molecular weight excluding hydrogens is 206 g/mol. The summed E-state index contributed by atoms with van der Waals surface area (Å²) in [4.78, 5) is 15.1. The van der Waals surface area contributed by atoms with Crippen molar-refractivity contribution in [2.75, 3.05) is 11.9 Å². The third kappa shape index (κ3) is 2.49. The summed E-state index contributed by atoms with van der Waals surface area (Å²) in [6.07, 6.45) is 3.36. The summed E-state index contributed by atoms with van der Waals surface area (Å²) < 4.78 is 0. The second-order valence-corrected chi connectivity index (χ2v) is 4.05. The minimum atomic E-state index is -0.517. The fraction of sp³-hybridized carbons (Fsp3) is 0.455. The number of aliphatic hydroxyl groups is 1. The summed E-state index contributed by atoms with van der Waals surface area (Å²) in [7, 11) is 0. The van der Waals surface area contributed by atoms with Gasteiger partial charge in [-0.1, -0.05) is 0 Å². The molecule has 4 N–H and O–H groups in total. The molecule has 2 rings (SSSR count). The number of carbonyl (C=O) groups excluding carboxylic acids is 1. The van der Waals surface area contributed by atoms with Crippen molar-refractivity contribution in [1.82, 2.24) is 4.98 Å². The topological polar surface area (TPSA) is 88.2 Å². The smallest absolute Gasteiger partial charge is 0.252 e. The normalized spacial score (nSPS) is 16.8. The van der Waals surface area contributed by atoms with E-state index >= 15 is 0 Å². The zero-order chi connectivity index (χ0) is 11.5. The average Bonchev–Trinajstić information content (AvgIpc) is 3.10. The number of aliphatic hydroxyl groups excluding tert-OH is 1. The fourth-order valence-electron chi connectivity index (χ4n) is 1.59. The van der Waals surface area contributed by atoms with Gasteiger partial charge in [-0.3, -0.25) is 4.79 Å². The minimum Gasteiger partial charge on any atom is -0.391 e. The van der Waals surface area contributed by atoms with Crippen molar-refractivity contribution < 1.29 is 9.90 Å². The molecule has 1 aromatic heterocycles. The van der Waals surface area contributed by atoms with Crippen LogP contribution < -0.4 is 11.1 Å². The lowest BCUT2D eigenvalue weighted by Gasteiger charge is -2.12. The summed E-state index contributed by atoms with van der Waals surface area (Å²) in [6.45, 7) is 0.405. The first-order valence-electron chi connectivity index (χ1n) is 5.35. The van der Waals surface area contributed by atoms with Crippen LogP contribution in [0.1, 0.15) is 23.2 Å². The molecule has 1 atom stereocenters. The molecule has 0 spiro atoms. The van der Waals surface area contributed by atoms with Gasteiger partial charge in [0.25, 0.3) is 5.91 Å². The van der Waals surface area contributed by atoms with Crippen molar-refractivity contribution >= 4 is 11.7 Å². The van der Waals surface area contributed by atoms with Gasteiger partial charge in [-0.25, -0.2) is 4.98 Å². The standard InChI is InChI=1S/C11H15N3O2/c12-10(16)8-2-1-5-13-11(8)14-6-9(15)7-3-4-7/h1-2,5,7,9,15H,3-4,6H2,(H2,12,16)(H,13,14). The van der Waals surface area contributed by atoms with Crippen LogP contribution in [0.15, 0.2) is 18.3 Å². The van der Waals surface area contributed by atoms with Gasteiger partial charge < -0.3 is 16.2 Å². The van der Waals surface area contributed by atoms with Crippen LogP contribution in [0.5, 0.6) is 0 Å². The van der Waals surface area contributed by atoms with Crippen LogP contribution in [0.2, 0.25) is 0 Å². The highest BCUT2D eigenvalue weighted by Crippen LogP contribution is 2.32. The van der Waals surface area contributed by atoms with E-state index in [2.05, 4.69) is 10.3 Å². The zero-order valence-corrected chi connectivity index (χ0v) is 8.89. The Labute approximate surface area is 93.7 Å². The van der Waals surface area contributed by atoms with Gasteiger partial charge in [0.2, 0.25) is 0 Å². The monoisotopic (exact) mass is 221 g/mol. The van der Waals surface area contributed by atoms with E-state index in [9.17, 15) is 9.90 Å². The molecule has 0 radical (unpaired) electrons. The predicted octanol–water partition coefficient (Wildman–Crippen LogP) is 0.363. The molecule has 0 saturated heterocycles. The molecule has 0 bridgehead atoms. The van der Waals surface area contributed by atoms with E-state index in [0.29, 0.717) is 23.8 Å². The van der Waals surface area contributed by atoms with Crippen LogP contribution in [0, 0.1) is 5.92 Å². The highest BCUT2D eigenvalue weighted by atomic mass is 16.3. The van der Waals surface area contributed by atoms with Crippen molar-refractivity contribution in [2.24, 2.45) is 11.7 Å². The van der Waals surface area contributed by atoms with Crippen LogP contribution in [0.3, 0.4) is 0 Å². The molecule has 16 heavy (non-hydrogen) atoms. The van der Waals surface area contributed by atoms with Crippen molar-refractivity contribution in [3.05, 3.63) is 23.9 Å². The first kappa shape index (κ1) is 10.9. The van der Waals surface area contributed by atoms with Crippen molar-refractivity contribution in [2.45, 2.75) is 18.9 Å². The van der Waals surface area contributed by atoms with E-state index in [-0.39, 0.29) is 6.10 Å². The number of anilines is 1. The number of nitrogens with zero attached hydrogens (tertiary/aromatic N) is 1. The van der Waals surface area contributed by atoms with Crippen molar-refractivity contribution in [1.29, 1.82) is 0 Å². The summed E-state index contributed by atoms with van der Waals surface area (Å²) in [5.74, 6) is 0.319. The summed E-state index contributed by atoms with van der Waals surface area (Å²) in [5, 5.41) is 12.6. The van der Waals surface area contributed by atoms with Crippen molar-refractivity contribution in [3.63, 3.8) is 0 Å². The van der Waals surface area contributed by atoms with Gasteiger partial charge in [-0.15, -0.1) is 0 Å². The van der Waals surface area contributed by atoms with Crippen LogP contribution in [-0.2, 0) is 0 Å². The van der Waals surface area contributed by atoms with Gasteiger partial charge >= 0.3 is 0 Å². The Morgan fingerprint density at radius 2 is 2.44 bits per heavy atom. The Kier molecular flexibility index (Phi) is 3.05. The Hall–Kier alpha value is -1.62. The maximum absolute atomic E-state index is 11.1. The maximum Gasteiger partial charge on any atom is 0.252 e. The molecule has 1 amide bonds. The number of amides is 1. The van der Waals surface area contributed by atoms with E-state index in [0.717, 1.165) is 12.8 Å². The van der Waals surface area contributed by atoms with E-state index in [1.165, 1.54) is 0 Å². The molecular formula is C11H15N3O2. The number of carbonyl (C=O) groups is 1. The Morgan fingerprint density at radius 1 is 1.69 bits per heavy atom. The third-order valence-electron chi connectivity index (χ3n) is 2.72. The SMILES string of the molecule is NC(=O)c1cccnc1NCC(O)C1CC1. The second kappa shape index (κ2) is 4.49. The minimum absolute atomic E-state index is 0.352. The number of rotatable bonds is 5. The molecule has 1 heterocycles. The molecule has 1 aromatic rings. The summed E-state index contributed by atoms with van der Waals surface area (Å²) in [6, 6.07) is 3.27. The van der Waals surface area contributed by atoms with E-state index in [4.69, 9.17) is 5.73 Å². The second-order valence-electron chi connectivity index (χ2n) is 4.05. The maximum atomic E-state index is 11.1. The van der Waals surface area contributed by atoms with Gasteiger partial charge in [0.05, 0.1) is 11.7 Å². The fourth-order valence-corrected chi connectivity index (χ4v) is 1.59. The third-order valence-corrected chi connectivity index (χ3v) is 2.72. The molecule has 0 aliphatic heterocycles. The molecule has 1 fully saturated rings. The lowest BCUT2D eigenvalue weighted by atomic mass is 10.2. The van der Waals surface area contributed by atoms with Gasteiger partial charge in [-0.2, -0.15) is 0 Å². The number of aromatic nitrogens is 1. The highest BCUT2D eigenvalue weighted by molar-refractivity contribution is 5.97. The molecule has 1 aliphatic rings. The average molecular weight is 221 g/mol. The van der Waals surface area contributed by atoms with Crippen molar-refractivity contribution in [3.8, 4) is 0 Å². The number of hydrogen-bond acceptors (Lipinski definition) is 4. The number of hydrogen-bond donors (Lipinski definition) is 3. The predicted molar refractivity (Wildman–Crippen MR) is 60.0 cm³/mol. The molecule has 1 unspecified atom stereocenters. The van der Waals surface area contributed by atoms with Gasteiger partial charge in [-0.05, 0) is 30.9 Å². The van der Waals surface area contributed by atoms with Crippen LogP contribution >= 0.6 is 0 Å². The van der Waals surface area contributed by atoms with Crippen LogP contribution in [-0.4, -0.2) is 28.6 Å². The molecule has 5 heteroatoms. The quantitative estimate of drug-likeness (QED) is 0.670. The lowest BCUT2D eigenvalue weighted by molar-refractivity contribution is 0.100. The summed E-state index contributed by atoms with van der Waals surface area (Å²) in [5.41, 5.74) is 5.56. The van der Waals surface area contributed by atoms with Gasteiger partial charge in [0, 0.05) is 12.7 Å².